The molecule has 1 N–H and O–H groups in total. The largest absolute Gasteiger partial charge is 0.352 e. The van der Waals surface area contributed by atoms with Crippen LogP contribution in [0.4, 0.5) is 0 Å². The van der Waals surface area contributed by atoms with E-state index in [-0.39, 0.29) is 5.78 Å². The van der Waals surface area contributed by atoms with Crippen molar-refractivity contribution in [2.75, 3.05) is 0 Å². The minimum Gasteiger partial charge on any atom is -0.352 e. The van der Waals surface area contributed by atoms with Gasteiger partial charge in [0.1, 0.15) is 0 Å². The number of fused-ring (bicyclic) bond motifs is 1. The zero-order valence-corrected chi connectivity index (χ0v) is 11.2. The molecule has 0 amide bonds. The van der Waals surface area contributed by atoms with Crippen LogP contribution in [-0.2, 0) is 0 Å². The normalized spacial score (nSPS) is 10.8. The number of ketones is 1. The fourth-order valence-corrected chi connectivity index (χ4v) is 2.25. The quantitative estimate of drug-likeness (QED) is 0.689. The van der Waals surface area contributed by atoms with E-state index in [1.165, 1.54) is 0 Å². The van der Waals surface area contributed by atoms with E-state index >= 15 is 0 Å². The maximum absolute atomic E-state index is 12.3. The molecule has 0 unspecified atom stereocenters. The molecular weight excluding hydrogens is 258 g/mol. The molecule has 3 rings (SSSR count). The number of hydrogen-bond donors (Lipinski definition) is 1. The molecule has 0 aliphatic heterocycles. The Hall–Kier alpha value is -2.06. The van der Waals surface area contributed by atoms with E-state index in [2.05, 4.69) is 4.98 Å². The van der Waals surface area contributed by atoms with Crippen LogP contribution in [0, 0.1) is 6.92 Å². The van der Waals surface area contributed by atoms with Gasteiger partial charge >= 0.3 is 0 Å². The second kappa shape index (κ2) is 4.56. The Morgan fingerprint density at radius 1 is 1.05 bits per heavy atom. The maximum Gasteiger partial charge on any atom is 0.209 e. The Kier molecular flexibility index (Phi) is 2.88. The lowest BCUT2D eigenvalue weighted by atomic mass is 10.1. The van der Waals surface area contributed by atoms with Gasteiger partial charge in [0.05, 0.1) is 5.69 Å². The van der Waals surface area contributed by atoms with Gasteiger partial charge in [0.15, 0.2) is 0 Å². The van der Waals surface area contributed by atoms with Gasteiger partial charge in [0.2, 0.25) is 5.78 Å². The fourth-order valence-electron chi connectivity index (χ4n) is 2.08. The van der Waals surface area contributed by atoms with Crippen LogP contribution in [0.25, 0.3) is 10.9 Å². The Balaban J connectivity index is 2.04. The van der Waals surface area contributed by atoms with Crippen molar-refractivity contribution in [3.8, 4) is 0 Å². The van der Waals surface area contributed by atoms with Crippen LogP contribution in [0.2, 0.25) is 5.02 Å². The molecule has 0 fully saturated rings. The molecule has 3 aromatic rings. The summed E-state index contributed by atoms with van der Waals surface area (Å²) in [5, 5.41) is 1.64. The van der Waals surface area contributed by atoms with Crippen LogP contribution in [0.5, 0.6) is 0 Å². The third kappa shape index (κ3) is 2.27. The van der Waals surface area contributed by atoms with Crippen molar-refractivity contribution in [1.29, 1.82) is 0 Å². The van der Waals surface area contributed by atoms with E-state index in [0.29, 0.717) is 16.3 Å². The number of hydrogen-bond acceptors (Lipinski definition) is 1. The van der Waals surface area contributed by atoms with E-state index in [9.17, 15) is 4.79 Å². The molecule has 0 saturated heterocycles. The third-order valence-corrected chi connectivity index (χ3v) is 3.38. The lowest BCUT2D eigenvalue weighted by molar-refractivity contribution is 0.103. The highest BCUT2D eigenvalue weighted by atomic mass is 35.5. The van der Waals surface area contributed by atoms with Crippen molar-refractivity contribution in [1.82, 2.24) is 4.98 Å². The zero-order valence-electron chi connectivity index (χ0n) is 10.4. The number of aromatic nitrogens is 1. The molecule has 0 bridgehead atoms. The number of H-pyrrole nitrogens is 1. The van der Waals surface area contributed by atoms with Gasteiger partial charge in [-0.15, -0.1) is 0 Å². The smallest absolute Gasteiger partial charge is 0.209 e. The molecule has 0 aliphatic rings. The number of aromatic amines is 1. The SMILES string of the molecule is Cc1ccc(C(=O)c2cc3ccc(Cl)cc3[nH]2)cc1. The summed E-state index contributed by atoms with van der Waals surface area (Å²) in [5.74, 6) is -0.00711. The lowest BCUT2D eigenvalue weighted by Gasteiger charge is -1.98. The van der Waals surface area contributed by atoms with Crippen LogP contribution in [0.3, 0.4) is 0 Å². The van der Waals surface area contributed by atoms with Gasteiger partial charge < -0.3 is 4.98 Å². The number of carbonyl (C=O) groups excluding carboxylic acids is 1. The summed E-state index contributed by atoms with van der Waals surface area (Å²) in [4.78, 5) is 15.5. The first kappa shape index (κ1) is 12.0. The molecule has 0 saturated carbocycles. The molecule has 0 spiro atoms. The van der Waals surface area contributed by atoms with Crippen LogP contribution in [0.15, 0.2) is 48.5 Å². The third-order valence-electron chi connectivity index (χ3n) is 3.14. The lowest BCUT2D eigenvalue weighted by Crippen LogP contribution is -2.01. The fraction of sp³-hybridized carbons (Fsp3) is 0.0625. The molecule has 1 aromatic heterocycles. The van der Waals surface area contributed by atoms with E-state index in [1.807, 2.05) is 55.5 Å². The van der Waals surface area contributed by atoms with Crippen molar-refractivity contribution >= 4 is 28.3 Å². The second-order valence-corrected chi connectivity index (χ2v) is 5.05. The summed E-state index contributed by atoms with van der Waals surface area (Å²) in [6.07, 6.45) is 0. The highest BCUT2D eigenvalue weighted by Crippen LogP contribution is 2.21. The standard InChI is InChI=1S/C16H12ClNO/c1-10-2-4-11(5-3-10)16(19)15-8-12-6-7-13(17)9-14(12)18-15/h2-9,18H,1H3. The topological polar surface area (TPSA) is 32.9 Å². The summed E-state index contributed by atoms with van der Waals surface area (Å²) >= 11 is 5.94. The second-order valence-electron chi connectivity index (χ2n) is 4.61. The van der Waals surface area contributed by atoms with Crippen molar-refractivity contribution in [2.45, 2.75) is 6.92 Å². The van der Waals surface area contributed by atoms with Crippen molar-refractivity contribution in [3.05, 3.63) is 70.4 Å². The van der Waals surface area contributed by atoms with E-state index in [0.717, 1.165) is 16.5 Å². The van der Waals surface area contributed by atoms with Crippen LogP contribution in [0.1, 0.15) is 21.6 Å². The van der Waals surface area contributed by atoms with Gasteiger partial charge in [-0.25, -0.2) is 0 Å². The van der Waals surface area contributed by atoms with Gasteiger partial charge in [-0.05, 0) is 25.1 Å². The highest BCUT2D eigenvalue weighted by Gasteiger charge is 2.11. The minimum atomic E-state index is -0.00711. The van der Waals surface area contributed by atoms with E-state index in [4.69, 9.17) is 11.6 Å². The zero-order chi connectivity index (χ0) is 13.4. The monoisotopic (exact) mass is 269 g/mol. The number of aryl methyl sites for hydroxylation is 1. The number of carbonyl (C=O) groups is 1. The van der Waals surface area contributed by atoms with Gasteiger partial charge in [0.25, 0.3) is 0 Å². The van der Waals surface area contributed by atoms with Gasteiger partial charge in [-0.3, -0.25) is 4.79 Å². The summed E-state index contributed by atoms with van der Waals surface area (Å²) in [6, 6.07) is 15.0. The first-order chi connectivity index (χ1) is 9.13. The van der Waals surface area contributed by atoms with Crippen LogP contribution >= 0.6 is 11.6 Å². The first-order valence-electron chi connectivity index (χ1n) is 6.03. The minimum absolute atomic E-state index is 0.00711. The predicted molar refractivity (Wildman–Crippen MR) is 77.9 cm³/mol. The van der Waals surface area contributed by atoms with Gasteiger partial charge in [-0.2, -0.15) is 0 Å². The number of rotatable bonds is 2. The molecule has 0 radical (unpaired) electrons. The highest BCUT2D eigenvalue weighted by molar-refractivity contribution is 6.31. The first-order valence-corrected chi connectivity index (χ1v) is 6.41. The molecule has 3 heteroatoms. The van der Waals surface area contributed by atoms with E-state index in [1.54, 1.807) is 0 Å². The summed E-state index contributed by atoms with van der Waals surface area (Å²) in [7, 11) is 0. The summed E-state index contributed by atoms with van der Waals surface area (Å²) in [5.41, 5.74) is 3.28. The van der Waals surface area contributed by atoms with Gasteiger partial charge in [-0.1, -0.05) is 47.5 Å². The molecule has 0 aliphatic carbocycles. The molecule has 1 heterocycles. The molecule has 0 atom stereocenters. The molecular formula is C16H12ClNO. The van der Waals surface area contributed by atoms with E-state index < -0.39 is 0 Å². The average Bonchev–Trinajstić information content (AvgIpc) is 2.81. The summed E-state index contributed by atoms with van der Waals surface area (Å²) in [6.45, 7) is 2.00. The van der Waals surface area contributed by atoms with Crippen LogP contribution < -0.4 is 0 Å². The van der Waals surface area contributed by atoms with Crippen molar-refractivity contribution < 1.29 is 4.79 Å². The predicted octanol–water partition coefficient (Wildman–Crippen LogP) is 4.36. The van der Waals surface area contributed by atoms with Crippen molar-refractivity contribution in [2.24, 2.45) is 0 Å². The van der Waals surface area contributed by atoms with Gasteiger partial charge in [0, 0.05) is 21.5 Å². The summed E-state index contributed by atoms with van der Waals surface area (Å²) < 4.78 is 0. The molecule has 2 aromatic carbocycles. The maximum atomic E-state index is 12.3. The number of halogens is 1. The molecule has 2 nitrogen and oxygen atoms in total. The average molecular weight is 270 g/mol. The van der Waals surface area contributed by atoms with Crippen LogP contribution in [-0.4, -0.2) is 10.8 Å². The number of nitrogens with one attached hydrogen (secondary N) is 1. The number of benzene rings is 2. The Labute approximate surface area is 116 Å². The van der Waals surface area contributed by atoms with Crippen molar-refractivity contribution in [3.63, 3.8) is 0 Å². The Morgan fingerprint density at radius 2 is 1.79 bits per heavy atom. The Bertz CT molecular complexity index is 756. The molecule has 94 valence electrons. The molecule has 19 heavy (non-hydrogen) atoms. The Morgan fingerprint density at radius 3 is 2.53 bits per heavy atom.